The number of nitrogens with zero attached hydrogens (tertiary/aromatic N) is 3. The Labute approximate surface area is 141 Å². The van der Waals surface area contributed by atoms with Crippen LogP contribution in [-0.4, -0.2) is 71.7 Å². The van der Waals surface area contributed by atoms with Gasteiger partial charge in [-0.05, 0) is 13.0 Å². The molecular weight excluding hydrogens is 310 g/mol. The van der Waals surface area contributed by atoms with Crippen LogP contribution in [-0.2, 0) is 9.59 Å². The van der Waals surface area contributed by atoms with Crippen molar-refractivity contribution in [2.24, 2.45) is 5.41 Å². The van der Waals surface area contributed by atoms with Crippen LogP contribution < -0.4 is 0 Å². The minimum atomic E-state index is -0.394. The van der Waals surface area contributed by atoms with E-state index in [1.807, 2.05) is 11.8 Å². The lowest BCUT2D eigenvalue weighted by atomic mass is 9.85. The highest BCUT2D eigenvalue weighted by atomic mass is 16.3. The topological polar surface area (TPSA) is 74.1 Å². The molecule has 0 saturated carbocycles. The zero-order chi connectivity index (χ0) is 17.3. The fourth-order valence-corrected chi connectivity index (χ4v) is 3.75. The van der Waals surface area contributed by atoms with Gasteiger partial charge in [0.2, 0.25) is 11.8 Å². The number of hydrogen-bond donors (Lipinski definition) is 0. The lowest BCUT2D eigenvalue weighted by Gasteiger charge is -2.33. The first-order chi connectivity index (χ1) is 11.4. The van der Waals surface area contributed by atoms with Crippen LogP contribution in [0, 0.1) is 5.41 Å². The molecule has 0 aromatic carbocycles. The normalized spacial score (nSPS) is 24.6. The molecule has 2 fully saturated rings. The number of furan rings is 1. The Hall–Kier alpha value is -2.31. The van der Waals surface area contributed by atoms with Gasteiger partial charge in [-0.15, -0.1) is 0 Å². The molecule has 2 aliphatic rings. The van der Waals surface area contributed by atoms with Gasteiger partial charge < -0.3 is 19.1 Å². The molecule has 3 rings (SSSR count). The fourth-order valence-electron chi connectivity index (χ4n) is 3.75. The molecule has 130 valence electrons. The number of carbonyl (C=O) groups excluding carboxylic acids is 3. The summed E-state index contributed by atoms with van der Waals surface area (Å²) < 4.78 is 5.01. The number of rotatable bonds is 2. The minimum Gasteiger partial charge on any atom is -0.472 e. The summed E-state index contributed by atoms with van der Waals surface area (Å²) in [5, 5.41) is 0. The molecule has 7 nitrogen and oxygen atoms in total. The molecule has 3 heterocycles. The first-order valence-corrected chi connectivity index (χ1v) is 8.29. The van der Waals surface area contributed by atoms with Crippen molar-refractivity contribution >= 4 is 17.7 Å². The molecule has 1 aromatic rings. The van der Waals surface area contributed by atoms with Gasteiger partial charge >= 0.3 is 0 Å². The molecule has 2 saturated heterocycles. The van der Waals surface area contributed by atoms with Gasteiger partial charge in [0.05, 0.1) is 11.8 Å². The van der Waals surface area contributed by atoms with E-state index in [-0.39, 0.29) is 17.7 Å². The highest BCUT2D eigenvalue weighted by Gasteiger charge is 2.47. The molecule has 1 unspecified atom stereocenters. The first kappa shape index (κ1) is 16.5. The Balaban J connectivity index is 1.87. The van der Waals surface area contributed by atoms with Gasteiger partial charge in [0.15, 0.2) is 0 Å². The predicted octanol–water partition coefficient (Wildman–Crippen LogP) is 0.823. The van der Waals surface area contributed by atoms with Gasteiger partial charge in [-0.25, -0.2) is 0 Å². The fraction of sp³-hybridized carbons (Fsp3) is 0.588. The molecule has 1 aromatic heterocycles. The third-order valence-electron chi connectivity index (χ3n) is 4.98. The first-order valence-electron chi connectivity index (χ1n) is 8.29. The van der Waals surface area contributed by atoms with Crippen LogP contribution in [0.2, 0.25) is 0 Å². The Bertz CT molecular complexity index is 642. The zero-order valence-corrected chi connectivity index (χ0v) is 14.2. The molecule has 0 radical (unpaired) electrons. The predicted molar refractivity (Wildman–Crippen MR) is 86.2 cm³/mol. The van der Waals surface area contributed by atoms with Crippen LogP contribution >= 0.6 is 0 Å². The minimum absolute atomic E-state index is 0.0191. The smallest absolute Gasteiger partial charge is 0.257 e. The second-order valence-corrected chi connectivity index (χ2v) is 6.76. The van der Waals surface area contributed by atoms with Crippen LogP contribution in [0.25, 0.3) is 0 Å². The van der Waals surface area contributed by atoms with E-state index in [0.29, 0.717) is 51.3 Å². The van der Waals surface area contributed by atoms with Gasteiger partial charge in [0, 0.05) is 58.0 Å². The Morgan fingerprint density at radius 1 is 1.21 bits per heavy atom. The summed E-state index contributed by atoms with van der Waals surface area (Å²) in [4.78, 5) is 42.3. The van der Waals surface area contributed by atoms with Gasteiger partial charge in [-0.1, -0.05) is 0 Å². The molecular formula is C17H23N3O4. The van der Waals surface area contributed by atoms with E-state index in [9.17, 15) is 14.4 Å². The Morgan fingerprint density at radius 3 is 2.50 bits per heavy atom. The summed E-state index contributed by atoms with van der Waals surface area (Å²) in [6.07, 6.45) is 3.28. The summed E-state index contributed by atoms with van der Waals surface area (Å²) in [6, 6.07) is 1.64. The van der Waals surface area contributed by atoms with Gasteiger partial charge in [-0.2, -0.15) is 0 Å². The molecule has 1 atom stereocenters. The Kier molecular flexibility index (Phi) is 4.34. The lowest BCUT2D eigenvalue weighted by Crippen LogP contribution is -2.45. The second-order valence-electron chi connectivity index (χ2n) is 6.76. The summed E-state index contributed by atoms with van der Waals surface area (Å²) in [7, 11) is 0. The van der Waals surface area contributed by atoms with Gasteiger partial charge in [0.25, 0.3) is 5.91 Å². The highest BCUT2D eigenvalue weighted by molar-refractivity contribution is 5.94. The van der Waals surface area contributed by atoms with Crippen LogP contribution in [0.3, 0.4) is 0 Å². The van der Waals surface area contributed by atoms with Crippen molar-refractivity contribution in [2.75, 3.05) is 39.3 Å². The van der Waals surface area contributed by atoms with E-state index < -0.39 is 5.41 Å². The second kappa shape index (κ2) is 6.30. The van der Waals surface area contributed by atoms with Crippen LogP contribution in [0.15, 0.2) is 23.0 Å². The van der Waals surface area contributed by atoms with E-state index in [2.05, 4.69) is 0 Å². The number of carbonyl (C=O) groups is 3. The van der Waals surface area contributed by atoms with Gasteiger partial charge in [-0.3, -0.25) is 14.4 Å². The average Bonchev–Trinajstić information content (AvgIpc) is 3.12. The van der Waals surface area contributed by atoms with Crippen molar-refractivity contribution in [3.63, 3.8) is 0 Å². The van der Waals surface area contributed by atoms with Gasteiger partial charge in [0.1, 0.15) is 6.26 Å². The Morgan fingerprint density at radius 2 is 1.92 bits per heavy atom. The molecule has 0 bridgehead atoms. The van der Waals surface area contributed by atoms with Crippen molar-refractivity contribution < 1.29 is 18.8 Å². The zero-order valence-electron chi connectivity index (χ0n) is 14.2. The summed E-state index contributed by atoms with van der Waals surface area (Å²) in [5.41, 5.74) is 0.104. The number of likely N-dealkylation sites (tertiary alicyclic amines) is 1. The van der Waals surface area contributed by atoms with Crippen LogP contribution in [0.1, 0.15) is 30.6 Å². The summed E-state index contributed by atoms with van der Waals surface area (Å²) >= 11 is 0. The lowest BCUT2D eigenvalue weighted by molar-refractivity contribution is -0.130. The third kappa shape index (κ3) is 3.02. The van der Waals surface area contributed by atoms with Crippen molar-refractivity contribution in [3.8, 4) is 0 Å². The standard InChI is InChI=1S/C17H23N3O4/c1-3-18-10-17(8-15(18)22)11-19(13(2)21)5-6-20(12-17)16(23)14-4-7-24-9-14/h4,7,9H,3,5-6,8,10-12H2,1-2H3. The van der Waals surface area contributed by atoms with E-state index in [4.69, 9.17) is 4.42 Å². The monoisotopic (exact) mass is 333 g/mol. The van der Waals surface area contributed by atoms with Crippen LogP contribution in [0.4, 0.5) is 0 Å². The summed E-state index contributed by atoms with van der Waals surface area (Å²) in [5.74, 6) is -0.0380. The maximum atomic E-state index is 12.7. The number of hydrogen-bond acceptors (Lipinski definition) is 4. The molecule has 24 heavy (non-hydrogen) atoms. The third-order valence-corrected chi connectivity index (χ3v) is 4.98. The molecule has 1 spiro atoms. The van der Waals surface area contributed by atoms with Crippen molar-refractivity contribution in [2.45, 2.75) is 20.3 Å². The molecule has 0 N–H and O–H groups in total. The van der Waals surface area contributed by atoms with E-state index in [1.165, 1.54) is 19.5 Å². The average molecular weight is 333 g/mol. The van der Waals surface area contributed by atoms with Crippen molar-refractivity contribution in [1.82, 2.24) is 14.7 Å². The maximum Gasteiger partial charge on any atom is 0.257 e. The largest absolute Gasteiger partial charge is 0.472 e. The quantitative estimate of drug-likeness (QED) is 0.803. The van der Waals surface area contributed by atoms with E-state index in [0.717, 1.165) is 0 Å². The van der Waals surface area contributed by atoms with Crippen molar-refractivity contribution in [3.05, 3.63) is 24.2 Å². The molecule has 0 aliphatic carbocycles. The van der Waals surface area contributed by atoms with E-state index in [1.54, 1.807) is 15.9 Å². The molecule has 7 heteroatoms. The van der Waals surface area contributed by atoms with E-state index >= 15 is 0 Å². The molecule has 2 aliphatic heterocycles. The van der Waals surface area contributed by atoms with Crippen molar-refractivity contribution in [1.29, 1.82) is 0 Å². The highest BCUT2D eigenvalue weighted by Crippen LogP contribution is 2.35. The SMILES string of the molecule is CCN1CC2(CC1=O)CN(C(C)=O)CCN(C(=O)c1ccoc1)C2. The maximum absolute atomic E-state index is 12.7. The van der Waals surface area contributed by atoms with Crippen LogP contribution in [0.5, 0.6) is 0 Å². The summed E-state index contributed by atoms with van der Waals surface area (Å²) in [6.45, 7) is 6.66. The number of amides is 3. The molecule has 3 amide bonds.